The fourth-order valence-electron chi connectivity index (χ4n) is 1.88. The van der Waals surface area contributed by atoms with Gasteiger partial charge in [-0.15, -0.1) is 0 Å². The molecule has 7 heteroatoms. The summed E-state index contributed by atoms with van der Waals surface area (Å²) in [5, 5.41) is 8.31. The lowest BCUT2D eigenvalue weighted by molar-refractivity contribution is 0.182. The van der Waals surface area contributed by atoms with Gasteiger partial charge in [0.25, 0.3) is 0 Å². The molecule has 108 valence electrons. The van der Waals surface area contributed by atoms with Gasteiger partial charge in [-0.25, -0.2) is 13.6 Å². The number of para-hydroxylation sites is 1. The van der Waals surface area contributed by atoms with Gasteiger partial charge in [-0.2, -0.15) is 0 Å². The van der Waals surface area contributed by atoms with E-state index in [-0.39, 0.29) is 16.6 Å². The van der Waals surface area contributed by atoms with E-state index in [9.17, 15) is 8.42 Å². The zero-order valence-electron chi connectivity index (χ0n) is 11.2. The van der Waals surface area contributed by atoms with Crippen LogP contribution in [0, 0.1) is 0 Å². The second-order valence-electron chi connectivity index (χ2n) is 4.35. The molecule has 0 bridgehead atoms. The highest BCUT2D eigenvalue weighted by Crippen LogP contribution is 2.26. The molecule has 0 spiro atoms. The number of methoxy groups -OCH3 is 1. The third-order valence-electron chi connectivity index (χ3n) is 2.74. The molecule has 0 aliphatic rings. The summed E-state index contributed by atoms with van der Waals surface area (Å²) in [7, 11) is -2.19. The normalized spacial score (nSPS) is 13.2. The molecule has 0 aliphatic carbocycles. The second kappa shape index (κ2) is 6.74. The SMILES string of the molecule is CCCC(COC)Nc1cccc(S(N)(=O)=O)c1N. The Morgan fingerprint density at radius 1 is 1.42 bits per heavy atom. The molecule has 6 nitrogen and oxygen atoms in total. The quantitative estimate of drug-likeness (QED) is 0.652. The smallest absolute Gasteiger partial charge is 0.240 e. The molecule has 0 radical (unpaired) electrons. The van der Waals surface area contributed by atoms with Crippen molar-refractivity contribution in [3.8, 4) is 0 Å². The number of nitrogens with one attached hydrogen (secondary N) is 1. The van der Waals surface area contributed by atoms with Crippen molar-refractivity contribution >= 4 is 21.4 Å². The van der Waals surface area contributed by atoms with Crippen molar-refractivity contribution in [2.75, 3.05) is 24.8 Å². The molecule has 0 aliphatic heterocycles. The summed E-state index contributed by atoms with van der Waals surface area (Å²) < 4.78 is 27.9. The number of sulfonamides is 1. The van der Waals surface area contributed by atoms with Crippen LogP contribution in [0.3, 0.4) is 0 Å². The Kier molecular flexibility index (Phi) is 5.59. The lowest BCUT2D eigenvalue weighted by Crippen LogP contribution is -2.25. The maximum atomic E-state index is 11.4. The van der Waals surface area contributed by atoms with Gasteiger partial charge in [0.1, 0.15) is 4.90 Å². The molecule has 1 aromatic carbocycles. The van der Waals surface area contributed by atoms with Gasteiger partial charge in [0, 0.05) is 13.2 Å². The highest BCUT2D eigenvalue weighted by molar-refractivity contribution is 7.89. The monoisotopic (exact) mass is 287 g/mol. The zero-order valence-corrected chi connectivity index (χ0v) is 12.0. The molecule has 0 saturated heterocycles. The Labute approximate surface area is 114 Å². The number of hydrogen-bond donors (Lipinski definition) is 3. The van der Waals surface area contributed by atoms with Crippen molar-refractivity contribution < 1.29 is 13.2 Å². The maximum absolute atomic E-state index is 11.4. The van der Waals surface area contributed by atoms with E-state index in [1.165, 1.54) is 6.07 Å². The predicted octanol–water partition coefficient (Wildman–Crippen LogP) is 1.14. The van der Waals surface area contributed by atoms with Crippen LogP contribution in [0.4, 0.5) is 11.4 Å². The zero-order chi connectivity index (χ0) is 14.5. The van der Waals surface area contributed by atoms with Crippen LogP contribution >= 0.6 is 0 Å². The van der Waals surface area contributed by atoms with Crippen molar-refractivity contribution in [3.63, 3.8) is 0 Å². The molecule has 1 rings (SSSR count). The molecular weight excluding hydrogens is 266 g/mol. The summed E-state index contributed by atoms with van der Waals surface area (Å²) in [5.41, 5.74) is 6.55. The Hall–Kier alpha value is -1.31. The molecular formula is C12H21N3O3S. The average molecular weight is 287 g/mol. The minimum Gasteiger partial charge on any atom is -0.396 e. The molecule has 0 fully saturated rings. The minimum absolute atomic E-state index is 0.0647. The lowest BCUT2D eigenvalue weighted by atomic mass is 10.1. The molecule has 1 unspecified atom stereocenters. The van der Waals surface area contributed by atoms with E-state index < -0.39 is 10.0 Å². The van der Waals surface area contributed by atoms with Crippen LogP contribution in [0.25, 0.3) is 0 Å². The van der Waals surface area contributed by atoms with E-state index in [1.54, 1.807) is 19.2 Å². The third kappa shape index (κ3) is 4.38. The van der Waals surface area contributed by atoms with E-state index >= 15 is 0 Å². The maximum Gasteiger partial charge on any atom is 0.240 e. The van der Waals surface area contributed by atoms with E-state index in [2.05, 4.69) is 12.2 Å². The first-order valence-corrected chi connectivity index (χ1v) is 7.61. The molecule has 0 heterocycles. The summed E-state index contributed by atoms with van der Waals surface area (Å²) >= 11 is 0. The van der Waals surface area contributed by atoms with Crippen LogP contribution in [0.1, 0.15) is 19.8 Å². The first kappa shape index (κ1) is 15.7. The van der Waals surface area contributed by atoms with Crippen molar-refractivity contribution in [2.45, 2.75) is 30.7 Å². The number of ether oxygens (including phenoxy) is 1. The number of primary sulfonamides is 1. The van der Waals surface area contributed by atoms with Crippen LogP contribution in [0.2, 0.25) is 0 Å². The molecule has 1 atom stereocenters. The van der Waals surface area contributed by atoms with Gasteiger partial charge in [0.2, 0.25) is 10.0 Å². The van der Waals surface area contributed by atoms with Crippen LogP contribution in [-0.2, 0) is 14.8 Å². The molecule has 0 saturated carbocycles. The van der Waals surface area contributed by atoms with Gasteiger partial charge >= 0.3 is 0 Å². The highest BCUT2D eigenvalue weighted by Gasteiger charge is 2.16. The number of rotatable bonds is 7. The standard InChI is InChI=1S/C12H21N3O3S/c1-3-5-9(8-18-2)15-10-6-4-7-11(12(10)13)19(14,16)17/h4,6-7,9,15H,3,5,8,13H2,1-2H3,(H2,14,16,17). The summed E-state index contributed by atoms with van der Waals surface area (Å²) in [4.78, 5) is -0.0647. The highest BCUT2D eigenvalue weighted by atomic mass is 32.2. The van der Waals surface area contributed by atoms with Gasteiger partial charge < -0.3 is 15.8 Å². The molecule has 0 amide bonds. The van der Waals surface area contributed by atoms with Gasteiger partial charge in [-0.1, -0.05) is 19.4 Å². The molecule has 5 N–H and O–H groups in total. The topological polar surface area (TPSA) is 107 Å². The van der Waals surface area contributed by atoms with E-state index in [0.29, 0.717) is 12.3 Å². The van der Waals surface area contributed by atoms with Gasteiger partial charge in [-0.05, 0) is 18.6 Å². The fourth-order valence-corrected chi connectivity index (χ4v) is 2.57. The number of nitrogen functional groups attached to an aromatic ring is 1. The molecule has 19 heavy (non-hydrogen) atoms. The fraction of sp³-hybridized carbons (Fsp3) is 0.500. The summed E-state index contributed by atoms with van der Waals surface area (Å²) in [6, 6.07) is 4.80. The van der Waals surface area contributed by atoms with Gasteiger partial charge in [-0.3, -0.25) is 0 Å². The lowest BCUT2D eigenvalue weighted by Gasteiger charge is -2.20. The van der Waals surface area contributed by atoms with Gasteiger partial charge in [0.05, 0.1) is 18.0 Å². The van der Waals surface area contributed by atoms with E-state index in [4.69, 9.17) is 15.6 Å². The number of nitrogens with two attached hydrogens (primary N) is 2. The second-order valence-corrected chi connectivity index (χ2v) is 5.88. The molecule has 0 aromatic heterocycles. The summed E-state index contributed by atoms with van der Waals surface area (Å²) in [6.45, 7) is 2.58. The summed E-state index contributed by atoms with van der Waals surface area (Å²) in [6.07, 6.45) is 1.88. The number of anilines is 2. The average Bonchev–Trinajstić information content (AvgIpc) is 2.31. The van der Waals surface area contributed by atoms with E-state index in [1.807, 2.05) is 0 Å². The summed E-state index contributed by atoms with van der Waals surface area (Å²) in [5.74, 6) is 0. The Bertz CT molecular complexity index is 511. The van der Waals surface area contributed by atoms with Crippen molar-refractivity contribution in [1.82, 2.24) is 0 Å². The van der Waals surface area contributed by atoms with Crippen molar-refractivity contribution in [2.24, 2.45) is 5.14 Å². The van der Waals surface area contributed by atoms with Crippen LogP contribution < -0.4 is 16.2 Å². The Balaban J connectivity index is 3.01. The number of benzene rings is 1. The Morgan fingerprint density at radius 2 is 2.11 bits per heavy atom. The largest absolute Gasteiger partial charge is 0.396 e. The van der Waals surface area contributed by atoms with Crippen molar-refractivity contribution in [3.05, 3.63) is 18.2 Å². The van der Waals surface area contributed by atoms with Gasteiger partial charge in [0.15, 0.2) is 0 Å². The van der Waals surface area contributed by atoms with E-state index in [0.717, 1.165) is 12.8 Å². The van der Waals surface area contributed by atoms with Crippen LogP contribution in [0.5, 0.6) is 0 Å². The minimum atomic E-state index is -3.81. The third-order valence-corrected chi connectivity index (χ3v) is 3.71. The number of hydrogen-bond acceptors (Lipinski definition) is 5. The first-order chi connectivity index (χ1) is 8.90. The van der Waals surface area contributed by atoms with Crippen LogP contribution in [0.15, 0.2) is 23.1 Å². The predicted molar refractivity (Wildman–Crippen MR) is 76.4 cm³/mol. The first-order valence-electron chi connectivity index (χ1n) is 6.07. The molecule has 1 aromatic rings. The van der Waals surface area contributed by atoms with Crippen molar-refractivity contribution in [1.29, 1.82) is 0 Å². The van der Waals surface area contributed by atoms with Crippen LogP contribution in [-0.4, -0.2) is 28.2 Å². The Morgan fingerprint density at radius 3 is 2.63 bits per heavy atom.